The number of aliphatic carboxylic acids is 1. The van der Waals surface area contributed by atoms with Crippen LogP contribution in [0.5, 0.6) is 0 Å². The van der Waals surface area contributed by atoms with Gasteiger partial charge in [-0.2, -0.15) is 0 Å². The highest BCUT2D eigenvalue weighted by molar-refractivity contribution is 5.75. The zero-order valence-corrected chi connectivity index (χ0v) is 14.2. The number of carboxylic acids is 1. The fourth-order valence-corrected chi connectivity index (χ4v) is 5.17. The minimum atomic E-state index is -0.620. The van der Waals surface area contributed by atoms with Crippen LogP contribution in [0.3, 0.4) is 0 Å². The summed E-state index contributed by atoms with van der Waals surface area (Å²) in [7, 11) is 0. The number of carbonyl (C=O) groups is 1. The quantitative estimate of drug-likeness (QED) is 0.547. The van der Waals surface area contributed by atoms with E-state index >= 15 is 0 Å². The normalized spacial score (nSPS) is 38.2. The van der Waals surface area contributed by atoms with Gasteiger partial charge >= 0.3 is 5.97 Å². The molecule has 0 aliphatic heterocycles. The Kier molecular flexibility index (Phi) is 4.70. The topological polar surface area (TPSA) is 37.3 Å². The molecule has 2 aliphatic rings. The van der Waals surface area contributed by atoms with E-state index in [0.717, 1.165) is 50.5 Å². The van der Waals surface area contributed by atoms with E-state index < -0.39 is 11.4 Å². The van der Waals surface area contributed by atoms with Crippen LogP contribution in [0.2, 0.25) is 0 Å². The summed E-state index contributed by atoms with van der Waals surface area (Å²) in [6.45, 7) is 16.4. The minimum absolute atomic E-state index is 0.0577. The third-order valence-electron chi connectivity index (χ3n) is 6.55. The number of hydrogen-bond acceptors (Lipinski definition) is 1. The summed E-state index contributed by atoms with van der Waals surface area (Å²) in [5, 5.41) is 9.81. The fourth-order valence-electron chi connectivity index (χ4n) is 5.17. The number of fused-ring (bicyclic) bond motifs is 1. The highest BCUT2D eigenvalue weighted by Gasteiger charge is 2.57. The second-order valence-corrected chi connectivity index (χ2v) is 7.79. The predicted octanol–water partition coefficient (Wildman–Crippen LogP) is 5.37. The molecule has 0 unspecified atom stereocenters. The molecule has 0 radical (unpaired) electrons. The van der Waals surface area contributed by atoms with Gasteiger partial charge in [0.15, 0.2) is 0 Å². The lowest BCUT2D eigenvalue weighted by atomic mass is 9.46. The third-order valence-corrected chi connectivity index (χ3v) is 6.55. The van der Waals surface area contributed by atoms with Crippen LogP contribution in [0.15, 0.2) is 37.0 Å². The lowest BCUT2D eigenvalue weighted by Crippen LogP contribution is -2.53. The van der Waals surface area contributed by atoms with Crippen LogP contribution in [0.4, 0.5) is 0 Å². The van der Waals surface area contributed by atoms with Crippen LogP contribution in [-0.4, -0.2) is 11.1 Å². The Bertz CT molecular complexity index is 504. The average molecular weight is 302 g/mol. The van der Waals surface area contributed by atoms with Gasteiger partial charge in [0.05, 0.1) is 5.41 Å². The van der Waals surface area contributed by atoms with Crippen molar-refractivity contribution in [3.05, 3.63) is 37.0 Å². The second kappa shape index (κ2) is 6.06. The van der Waals surface area contributed by atoms with Crippen LogP contribution in [0.1, 0.15) is 58.8 Å². The monoisotopic (exact) mass is 302 g/mol. The van der Waals surface area contributed by atoms with Gasteiger partial charge in [-0.15, -0.1) is 0 Å². The van der Waals surface area contributed by atoms with Crippen molar-refractivity contribution >= 4 is 5.97 Å². The maximum atomic E-state index is 11.9. The molecular formula is C20H30O2. The van der Waals surface area contributed by atoms with E-state index in [4.69, 9.17) is 0 Å². The summed E-state index contributed by atoms with van der Waals surface area (Å²) < 4.78 is 0. The zero-order chi connectivity index (χ0) is 16.5. The molecule has 0 aromatic heterocycles. The van der Waals surface area contributed by atoms with Crippen LogP contribution in [0.25, 0.3) is 0 Å². The van der Waals surface area contributed by atoms with Crippen molar-refractivity contribution in [1.82, 2.24) is 0 Å². The van der Waals surface area contributed by atoms with E-state index in [9.17, 15) is 9.90 Å². The first-order valence-electron chi connectivity index (χ1n) is 8.47. The smallest absolute Gasteiger partial charge is 0.309 e. The van der Waals surface area contributed by atoms with Crippen molar-refractivity contribution in [3.8, 4) is 0 Å². The van der Waals surface area contributed by atoms with Crippen molar-refractivity contribution in [2.45, 2.75) is 58.8 Å². The molecule has 2 rings (SSSR count). The molecule has 2 aliphatic carbocycles. The first-order chi connectivity index (χ1) is 10.3. The highest BCUT2D eigenvalue weighted by Crippen LogP contribution is 2.62. The Morgan fingerprint density at radius 2 is 2.09 bits per heavy atom. The third kappa shape index (κ3) is 2.68. The molecule has 0 bridgehead atoms. The highest BCUT2D eigenvalue weighted by atomic mass is 16.4. The fraction of sp³-hybridized carbons (Fsp3) is 0.650. The molecule has 2 heteroatoms. The molecule has 2 saturated carbocycles. The minimum Gasteiger partial charge on any atom is -0.481 e. The maximum Gasteiger partial charge on any atom is 0.309 e. The maximum absolute atomic E-state index is 11.9. The molecule has 122 valence electrons. The Balaban J connectivity index is 2.30. The van der Waals surface area contributed by atoms with E-state index in [1.54, 1.807) is 0 Å². The molecule has 4 atom stereocenters. The van der Waals surface area contributed by atoms with Gasteiger partial charge in [-0.25, -0.2) is 0 Å². The largest absolute Gasteiger partial charge is 0.481 e. The summed E-state index contributed by atoms with van der Waals surface area (Å²) >= 11 is 0. The Labute approximate surface area is 135 Å². The van der Waals surface area contributed by atoms with Crippen molar-refractivity contribution in [2.24, 2.45) is 22.7 Å². The number of hydrogen-bond donors (Lipinski definition) is 1. The first-order valence-corrected chi connectivity index (χ1v) is 8.47. The van der Waals surface area contributed by atoms with Crippen molar-refractivity contribution < 1.29 is 9.90 Å². The van der Waals surface area contributed by atoms with Gasteiger partial charge in [-0.3, -0.25) is 4.79 Å². The molecule has 1 N–H and O–H groups in total. The Hall–Kier alpha value is -1.31. The predicted molar refractivity (Wildman–Crippen MR) is 91.6 cm³/mol. The molecule has 2 nitrogen and oxygen atoms in total. The van der Waals surface area contributed by atoms with Gasteiger partial charge in [0, 0.05) is 0 Å². The molecule has 0 heterocycles. The molecule has 2 fully saturated rings. The van der Waals surface area contributed by atoms with Crippen LogP contribution in [-0.2, 0) is 4.79 Å². The van der Waals surface area contributed by atoms with Gasteiger partial charge in [0.1, 0.15) is 0 Å². The molecular weight excluding hydrogens is 272 g/mol. The van der Waals surface area contributed by atoms with Crippen LogP contribution < -0.4 is 0 Å². The lowest BCUT2D eigenvalue weighted by molar-refractivity contribution is -0.164. The van der Waals surface area contributed by atoms with Crippen molar-refractivity contribution in [2.75, 3.05) is 0 Å². The zero-order valence-electron chi connectivity index (χ0n) is 14.2. The summed E-state index contributed by atoms with van der Waals surface area (Å²) in [6.07, 6.45) is 8.64. The standard InChI is InChI=1S/C20H30O2/c1-6-14(2)8-10-16-15(3)9-11-17-19(16,4)12-7-13-20(17,5)18(21)22/h6,16-17H,1-3,7-13H2,4-5H3,(H,21,22)/t16-,17+,19-,20+/m1/s1. The van der Waals surface area contributed by atoms with Gasteiger partial charge in [0.2, 0.25) is 0 Å². The van der Waals surface area contributed by atoms with Crippen molar-refractivity contribution in [3.63, 3.8) is 0 Å². The van der Waals surface area contributed by atoms with E-state index in [1.165, 1.54) is 5.57 Å². The lowest BCUT2D eigenvalue weighted by Gasteiger charge is -2.57. The summed E-state index contributed by atoms with van der Waals surface area (Å²) in [5.41, 5.74) is 1.85. The average Bonchev–Trinajstić information content (AvgIpc) is 2.45. The number of rotatable bonds is 5. The molecule has 0 amide bonds. The molecule has 0 spiro atoms. The summed E-state index contributed by atoms with van der Waals surface area (Å²) in [6, 6.07) is 0. The summed E-state index contributed by atoms with van der Waals surface area (Å²) in [4.78, 5) is 11.9. The van der Waals surface area contributed by atoms with Crippen LogP contribution in [0, 0.1) is 22.7 Å². The van der Waals surface area contributed by atoms with E-state index in [2.05, 4.69) is 26.7 Å². The summed E-state index contributed by atoms with van der Waals surface area (Å²) in [5.74, 6) is 0.0332. The van der Waals surface area contributed by atoms with E-state index in [-0.39, 0.29) is 11.3 Å². The number of allylic oxidation sites excluding steroid dienone is 3. The molecule has 22 heavy (non-hydrogen) atoms. The van der Waals surface area contributed by atoms with Gasteiger partial charge in [0.25, 0.3) is 0 Å². The Morgan fingerprint density at radius 1 is 1.41 bits per heavy atom. The van der Waals surface area contributed by atoms with Gasteiger partial charge in [-0.1, -0.05) is 50.3 Å². The van der Waals surface area contributed by atoms with Gasteiger partial charge in [-0.05, 0) is 62.7 Å². The van der Waals surface area contributed by atoms with E-state index in [0.29, 0.717) is 5.92 Å². The SMILES string of the molecule is C=CC(=C)CC[C@@H]1C(=C)CC[C@H]2[C@]1(C)CCC[C@]2(C)C(=O)O. The first kappa shape index (κ1) is 17.1. The van der Waals surface area contributed by atoms with Gasteiger partial charge < -0.3 is 5.11 Å². The molecule has 0 aromatic rings. The second-order valence-electron chi connectivity index (χ2n) is 7.79. The van der Waals surface area contributed by atoms with E-state index in [1.807, 2.05) is 13.0 Å². The molecule has 0 saturated heterocycles. The molecule has 0 aromatic carbocycles. The van der Waals surface area contributed by atoms with Crippen LogP contribution >= 0.6 is 0 Å². The van der Waals surface area contributed by atoms with Crippen molar-refractivity contribution in [1.29, 1.82) is 0 Å². The number of carboxylic acid groups (broad SMARTS) is 1. The Morgan fingerprint density at radius 3 is 2.68 bits per heavy atom.